The monoisotopic (exact) mass is 429 g/mol. The molecule has 0 spiro atoms. The van der Waals surface area contributed by atoms with Crippen LogP contribution in [0.25, 0.3) is 0 Å². The predicted octanol–water partition coefficient (Wildman–Crippen LogP) is 4.42. The van der Waals surface area contributed by atoms with Crippen LogP contribution in [-0.2, 0) is 17.5 Å². The molecule has 4 nitrogen and oxygen atoms in total. The Morgan fingerprint density at radius 2 is 1.67 bits per heavy atom. The van der Waals surface area contributed by atoms with Gasteiger partial charge < -0.3 is 10.2 Å². The number of rotatable bonds is 5. The van der Waals surface area contributed by atoms with Gasteiger partial charge in [0.25, 0.3) is 0 Å². The van der Waals surface area contributed by atoms with E-state index in [1.807, 2.05) is 18.7 Å². The fourth-order valence-electron chi connectivity index (χ4n) is 3.13. The van der Waals surface area contributed by atoms with Crippen molar-refractivity contribution in [3.05, 3.63) is 65.2 Å². The second kappa shape index (κ2) is 9.53. The molecule has 1 aliphatic rings. The zero-order chi connectivity index (χ0) is 22.5. The first-order chi connectivity index (χ1) is 14.1. The van der Waals surface area contributed by atoms with E-state index >= 15 is 0 Å². The summed E-state index contributed by atoms with van der Waals surface area (Å²) in [6, 6.07) is 7.47. The number of amides is 1. The summed E-state index contributed by atoms with van der Waals surface area (Å²) >= 11 is 0. The lowest BCUT2D eigenvalue weighted by molar-refractivity contribution is -0.137. The summed E-state index contributed by atoms with van der Waals surface area (Å²) in [6.07, 6.45) is -4.41. The number of nitrogens with zero attached hydrogens (tertiary/aromatic N) is 1. The molecule has 0 unspecified atom stereocenters. The Bertz CT molecular complexity index is 862. The van der Waals surface area contributed by atoms with E-state index in [1.165, 1.54) is 12.1 Å². The predicted molar refractivity (Wildman–Crippen MR) is 105 cm³/mol. The molecule has 1 saturated heterocycles. The number of likely N-dealkylation sites (N-methyl/N-ethyl adjacent to an activating group) is 1. The number of benzene rings is 2. The van der Waals surface area contributed by atoms with Gasteiger partial charge in [0.05, 0.1) is 11.3 Å². The molecule has 1 aliphatic heterocycles. The minimum Gasteiger partial charge on any atom is -0.322 e. The van der Waals surface area contributed by atoms with Gasteiger partial charge in [-0.1, -0.05) is 26.0 Å². The zero-order valence-corrected chi connectivity index (χ0v) is 16.9. The Balaban J connectivity index is 0.00000155. The number of likely N-dealkylation sites (tertiary alicyclic amines) is 1. The molecule has 2 aromatic rings. The average Bonchev–Trinajstić information content (AvgIpc) is 2.67. The van der Waals surface area contributed by atoms with Crippen LogP contribution in [0.5, 0.6) is 0 Å². The maximum atomic E-state index is 13.8. The number of carbonyl (C=O) groups is 1. The lowest BCUT2D eigenvalue weighted by Crippen LogP contribution is -2.73. The second-order valence-corrected chi connectivity index (χ2v) is 6.88. The molecule has 2 N–H and O–H groups in total. The van der Waals surface area contributed by atoms with E-state index in [2.05, 4.69) is 10.6 Å². The van der Waals surface area contributed by atoms with Crippen LogP contribution in [0, 0.1) is 11.6 Å². The number of anilines is 1. The van der Waals surface area contributed by atoms with E-state index in [9.17, 15) is 26.7 Å². The Morgan fingerprint density at radius 1 is 1.07 bits per heavy atom. The number of hydrogen-bond donors (Lipinski definition) is 2. The van der Waals surface area contributed by atoms with Crippen LogP contribution in [0.15, 0.2) is 42.5 Å². The van der Waals surface area contributed by atoms with Crippen molar-refractivity contribution < 1.29 is 26.7 Å². The SMILES string of the molecule is CC.CN1CC(NCc2ccc(C(F)(F)F)cc2)(C(=O)Nc2ccc(F)cc2F)C1. The molecule has 1 fully saturated rings. The van der Waals surface area contributed by atoms with Crippen molar-refractivity contribution in [2.45, 2.75) is 32.1 Å². The van der Waals surface area contributed by atoms with Gasteiger partial charge in [0.1, 0.15) is 17.2 Å². The quantitative estimate of drug-likeness (QED) is 0.692. The molecule has 30 heavy (non-hydrogen) atoms. The zero-order valence-electron chi connectivity index (χ0n) is 16.9. The number of alkyl halides is 3. The fourth-order valence-corrected chi connectivity index (χ4v) is 3.13. The number of carbonyl (C=O) groups excluding carboxylic acids is 1. The average molecular weight is 429 g/mol. The van der Waals surface area contributed by atoms with Gasteiger partial charge in [-0.2, -0.15) is 13.2 Å². The van der Waals surface area contributed by atoms with Crippen molar-refractivity contribution in [3.8, 4) is 0 Å². The van der Waals surface area contributed by atoms with Gasteiger partial charge >= 0.3 is 6.18 Å². The highest BCUT2D eigenvalue weighted by Crippen LogP contribution is 2.29. The molecule has 0 aromatic heterocycles. The minimum absolute atomic E-state index is 0.142. The van der Waals surface area contributed by atoms with Crippen LogP contribution < -0.4 is 10.6 Å². The second-order valence-electron chi connectivity index (χ2n) is 6.88. The summed E-state index contributed by atoms with van der Waals surface area (Å²) in [6.45, 7) is 4.83. The third kappa shape index (κ3) is 5.54. The standard InChI is InChI=1S/C19H18F5N3O.C2H6/c1-27-10-18(11-27,17(28)26-16-7-6-14(20)8-15(16)21)25-9-12-2-4-13(5-3-12)19(22,23)24;1-2/h2-8,25H,9-11H2,1H3,(H,26,28);1-2H3. The first-order valence-corrected chi connectivity index (χ1v) is 9.45. The smallest absolute Gasteiger partial charge is 0.322 e. The maximum Gasteiger partial charge on any atom is 0.416 e. The topological polar surface area (TPSA) is 44.4 Å². The van der Waals surface area contributed by atoms with Crippen molar-refractivity contribution in [3.63, 3.8) is 0 Å². The highest BCUT2D eigenvalue weighted by Gasteiger charge is 2.47. The van der Waals surface area contributed by atoms with E-state index in [1.54, 1.807) is 7.05 Å². The molecule has 3 rings (SSSR count). The largest absolute Gasteiger partial charge is 0.416 e. The van der Waals surface area contributed by atoms with Gasteiger partial charge in [-0.05, 0) is 36.9 Å². The Kier molecular flexibility index (Phi) is 7.54. The molecule has 0 aliphatic carbocycles. The fraction of sp³-hybridized carbons (Fsp3) is 0.381. The molecule has 0 radical (unpaired) electrons. The molecule has 1 heterocycles. The Labute approximate surface area is 172 Å². The third-order valence-electron chi connectivity index (χ3n) is 4.61. The summed E-state index contributed by atoms with van der Waals surface area (Å²) in [5.74, 6) is -2.14. The van der Waals surface area contributed by atoms with Gasteiger partial charge in [0, 0.05) is 25.7 Å². The Hall–Kier alpha value is -2.52. The molecule has 0 bridgehead atoms. The van der Waals surface area contributed by atoms with Gasteiger partial charge in [-0.25, -0.2) is 8.78 Å². The van der Waals surface area contributed by atoms with Crippen LogP contribution in [0.4, 0.5) is 27.6 Å². The molecule has 164 valence electrons. The molecule has 2 aromatic carbocycles. The van der Waals surface area contributed by atoms with Crippen molar-refractivity contribution >= 4 is 11.6 Å². The maximum absolute atomic E-state index is 13.8. The van der Waals surface area contributed by atoms with Crippen LogP contribution in [0.2, 0.25) is 0 Å². The van der Waals surface area contributed by atoms with Crippen molar-refractivity contribution in [1.29, 1.82) is 0 Å². The molecular weight excluding hydrogens is 405 g/mol. The van der Waals surface area contributed by atoms with Crippen LogP contribution >= 0.6 is 0 Å². The van der Waals surface area contributed by atoms with E-state index in [0.717, 1.165) is 24.3 Å². The lowest BCUT2D eigenvalue weighted by Gasteiger charge is -2.47. The first-order valence-electron chi connectivity index (χ1n) is 9.45. The summed E-state index contributed by atoms with van der Waals surface area (Å²) in [4.78, 5) is 14.6. The van der Waals surface area contributed by atoms with E-state index < -0.39 is 34.8 Å². The van der Waals surface area contributed by atoms with Gasteiger partial charge in [0.15, 0.2) is 0 Å². The molecular formula is C21H24F5N3O. The lowest BCUT2D eigenvalue weighted by atomic mass is 9.88. The van der Waals surface area contributed by atoms with Crippen molar-refractivity contribution in [2.75, 3.05) is 25.5 Å². The van der Waals surface area contributed by atoms with E-state index in [4.69, 9.17) is 0 Å². The van der Waals surface area contributed by atoms with Crippen molar-refractivity contribution in [2.24, 2.45) is 0 Å². The minimum atomic E-state index is -4.41. The Morgan fingerprint density at radius 3 is 2.17 bits per heavy atom. The molecule has 1 amide bonds. The van der Waals surface area contributed by atoms with Crippen molar-refractivity contribution in [1.82, 2.24) is 10.2 Å². The van der Waals surface area contributed by atoms with E-state index in [-0.39, 0.29) is 12.2 Å². The third-order valence-corrected chi connectivity index (χ3v) is 4.61. The molecule has 9 heteroatoms. The summed E-state index contributed by atoms with van der Waals surface area (Å²) in [5.41, 5.74) is -1.35. The van der Waals surface area contributed by atoms with Gasteiger partial charge in [0.2, 0.25) is 5.91 Å². The highest BCUT2D eigenvalue weighted by molar-refractivity contribution is 5.99. The summed E-state index contributed by atoms with van der Waals surface area (Å²) in [7, 11) is 1.80. The number of nitrogens with one attached hydrogen (secondary N) is 2. The van der Waals surface area contributed by atoms with Gasteiger partial charge in [-0.15, -0.1) is 0 Å². The molecule has 0 atom stereocenters. The molecule has 0 saturated carbocycles. The van der Waals surface area contributed by atoms with Gasteiger partial charge in [-0.3, -0.25) is 10.1 Å². The first kappa shape index (κ1) is 23.8. The summed E-state index contributed by atoms with van der Waals surface area (Å²) in [5, 5.41) is 5.50. The number of halogens is 5. The van der Waals surface area contributed by atoms with E-state index in [0.29, 0.717) is 24.7 Å². The normalized spacial score (nSPS) is 15.6. The van der Waals surface area contributed by atoms with Crippen LogP contribution in [0.3, 0.4) is 0 Å². The highest BCUT2D eigenvalue weighted by atomic mass is 19.4. The van der Waals surface area contributed by atoms with Crippen LogP contribution in [0.1, 0.15) is 25.0 Å². The number of hydrogen-bond acceptors (Lipinski definition) is 3. The van der Waals surface area contributed by atoms with Crippen LogP contribution in [-0.4, -0.2) is 36.5 Å². The summed E-state index contributed by atoms with van der Waals surface area (Å²) < 4.78 is 64.8.